The van der Waals surface area contributed by atoms with Crippen LogP contribution in [0, 0.1) is 0 Å². The Morgan fingerprint density at radius 2 is 2.05 bits per heavy atom. The van der Waals surface area contributed by atoms with Gasteiger partial charge < -0.3 is 20.3 Å². The Hall–Kier alpha value is -2.08. The lowest BCUT2D eigenvalue weighted by atomic mass is 10.3. The van der Waals surface area contributed by atoms with E-state index in [1.54, 1.807) is 24.3 Å². The number of rotatable bonds is 5. The zero-order chi connectivity index (χ0) is 14.3. The number of likely N-dealkylation sites (N-methyl/N-ethyl adjacent to an activating group) is 1. The molecule has 0 aromatic heterocycles. The number of amides is 2. The molecule has 19 heavy (non-hydrogen) atoms. The normalized spacial score (nSPS) is 10.1. The summed E-state index contributed by atoms with van der Waals surface area (Å²) in [6.45, 7) is 2.65. The largest absolute Gasteiger partial charge is 0.427 e. The molecule has 104 valence electrons. The van der Waals surface area contributed by atoms with Crippen molar-refractivity contribution in [2.45, 2.75) is 6.92 Å². The van der Waals surface area contributed by atoms with Gasteiger partial charge in [-0.3, -0.25) is 4.79 Å². The summed E-state index contributed by atoms with van der Waals surface area (Å²) in [6.07, 6.45) is 0. The van der Waals surface area contributed by atoms with Gasteiger partial charge in [-0.05, 0) is 26.2 Å². The predicted molar refractivity (Wildman–Crippen MR) is 73.3 cm³/mol. The standard InChI is InChI=1S/C13H19N3O3/c1-10(17)19-12-6-4-5-11(9-12)15-13(18)14-7-8-16(2)3/h4-6,9H,7-8H2,1-3H3,(H2,14,15,18). The van der Waals surface area contributed by atoms with Crippen LogP contribution < -0.4 is 15.4 Å². The number of benzene rings is 1. The minimum Gasteiger partial charge on any atom is -0.427 e. The van der Waals surface area contributed by atoms with E-state index in [9.17, 15) is 9.59 Å². The quantitative estimate of drug-likeness (QED) is 0.622. The SMILES string of the molecule is CC(=O)Oc1cccc(NC(=O)NCCN(C)C)c1. The molecule has 0 fully saturated rings. The number of hydrogen-bond acceptors (Lipinski definition) is 4. The number of nitrogens with one attached hydrogen (secondary N) is 2. The van der Waals surface area contributed by atoms with Crippen LogP contribution in [0.15, 0.2) is 24.3 Å². The van der Waals surface area contributed by atoms with Crippen molar-refractivity contribution in [1.29, 1.82) is 0 Å². The van der Waals surface area contributed by atoms with Crippen LogP contribution in [-0.4, -0.2) is 44.1 Å². The molecule has 0 aliphatic heterocycles. The van der Waals surface area contributed by atoms with E-state index in [0.29, 0.717) is 18.0 Å². The molecule has 0 atom stereocenters. The van der Waals surface area contributed by atoms with E-state index in [1.807, 2.05) is 19.0 Å². The number of hydrogen-bond donors (Lipinski definition) is 2. The fourth-order valence-corrected chi connectivity index (χ4v) is 1.37. The number of carbonyl (C=O) groups is 2. The summed E-state index contributed by atoms with van der Waals surface area (Å²) < 4.78 is 4.93. The van der Waals surface area contributed by atoms with Crippen LogP contribution in [0.1, 0.15) is 6.92 Å². The van der Waals surface area contributed by atoms with Crippen LogP contribution in [0.2, 0.25) is 0 Å². The second kappa shape index (κ2) is 7.38. The first-order valence-corrected chi connectivity index (χ1v) is 5.95. The minimum atomic E-state index is -0.396. The van der Waals surface area contributed by atoms with Crippen LogP contribution in [-0.2, 0) is 4.79 Å². The third kappa shape index (κ3) is 6.42. The fraction of sp³-hybridized carbons (Fsp3) is 0.385. The molecule has 0 heterocycles. The average Bonchev–Trinajstić information content (AvgIpc) is 2.27. The molecule has 0 aliphatic carbocycles. The predicted octanol–water partition coefficient (Wildman–Crippen LogP) is 1.29. The van der Waals surface area contributed by atoms with E-state index in [4.69, 9.17) is 4.74 Å². The minimum absolute atomic E-state index is 0.290. The maximum absolute atomic E-state index is 11.6. The third-order valence-electron chi connectivity index (χ3n) is 2.20. The highest BCUT2D eigenvalue weighted by Gasteiger charge is 2.03. The summed E-state index contributed by atoms with van der Waals surface area (Å²) in [5.74, 6) is 0.00572. The molecule has 6 nitrogen and oxygen atoms in total. The molecule has 0 saturated carbocycles. The third-order valence-corrected chi connectivity index (χ3v) is 2.20. The van der Waals surface area contributed by atoms with Crippen LogP contribution >= 0.6 is 0 Å². The van der Waals surface area contributed by atoms with Crippen molar-refractivity contribution in [1.82, 2.24) is 10.2 Å². The van der Waals surface area contributed by atoms with Crippen molar-refractivity contribution in [2.24, 2.45) is 0 Å². The topological polar surface area (TPSA) is 70.7 Å². The second-order valence-corrected chi connectivity index (χ2v) is 4.31. The molecule has 0 aliphatic rings. The van der Waals surface area contributed by atoms with Gasteiger partial charge in [0, 0.05) is 31.8 Å². The molecule has 0 saturated heterocycles. The van der Waals surface area contributed by atoms with Gasteiger partial charge in [0.1, 0.15) is 5.75 Å². The Balaban J connectivity index is 2.47. The van der Waals surface area contributed by atoms with Crippen LogP contribution in [0.4, 0.5) is 10.5 Å². The number of nitrogens with zero attached hydrogens (tertiary/aromatic N) is 1. The van der Waals surface area contributed by atoms with E-state index >= 15 is 0 Å². The highest BCUT2D eigenvalue weighted by atomic mass is 16.5. The van der Waals surface area contributed by atoms with Crippen LogP contribution in [0.5, 0.6) is 5.75 Å². The Labute approximate surface area is 112 Å². The lowest BCUT2D eigenvalue weighted by molar-refractivity contribution is -0.131. The maximum Gasteiger partial charge on any atom is 0.319 e. The summed E-state index contributed by atoms with van der Waals surface area (Å²) in [5, 5.41) is 5.39. The van der Waals surface area contributed by atoms with E-state index in [1.165, 1.54) is 6.92 Å². The van der Waals surface area contributed by atoms with Gasteiger partial charge in [-0.2, -0.15) is 0 Å². The summed E-state index contributed by atoms with van der Waals surface area (Å²) in [4.78, 5) is 24.4. The smallest absolute Gasteiger partial charge is 0.319 e. The molecule has 1 aromatic rings. The Bertz CT molecular complexity index is 447. The molecule has 1 rings (SSSR count). The lowest BCUT2D eigenvalue weighted by Gasteiger charge is -2.11. The molecular formula is C13H19N3O3. The second-order valence-electron chi connectivity index (χ2n) is 4.31. The van der Waals surface area contributed by atoms with Gasteiger partial charge in [0.05, 0.1) is 0 Å². The van der Waals surface area contributed by atoms with E-state index in [2.05, 4.69) is 10.6 Å². The fourth-order valence-electron chi connectivity index (χ4n) is 1.37. The van der Waals surface area contributed by atoms with Gasteiger partial charge in [0.2, 0.25) is 0 Å². The number of urea groups is 1. The molecule has 0 radical (unpaired) electrons. The average molecular weight is 265 g/mol. The van der Waals surface area contributed by atoms with Gasteiger partial charge in [-0.25, -0.2) is 4.79 Å². The summed E-state index contributed by atoms with van der Waals surface area (Å²) >= 11 is 0. The van der Waals surface area contributed by atoms with E-state index < -0.39 is 5.97 Å². The number of anilines is 1. The van der Waals surface area contributed by atoms with Crippen molar-refractivity contribution in [3.05, 3.63) is 24.3 Å². The highest BCUT2D eigenvalue weighted by molar-refractivity contribution is 5.89. The van der Waals surface area contributed by atoms with Crippen molar-refractivity contribution < 1.29 is 14.3 Å². The molecule has 2 N–H and O–H groups in total. The zero-order valence-corrected chi connectivity index (χ0v) is 11.4. The number of ether oxygens (including phenoxy) is 1. The molecule has 2 amide bonds. The summed E-state index contributed by atoms with van der Waals surface area (Å²) in [5.41, 5.74) is 0.570. The van der Waals surface area contributed by atoms with Crippen LogP contribution in [0.25, 0.3) is 0 Å². The van der Waals surface area contributed by atoms with Crippen molar-refractivity contribution >= 4 is 17.7 Å². The van der Waals surface area contributed by atoms with Crippen molar-refractivity contribution in [3.8, 4) is 5.75 Å². The lowest BCUT2D eigenvalue weighted by Crippen LogP contribution is -2.34. The molecule has 1 aromatic carbocycles. The van der Waals surface area contributed by atoms with Gasteiger partial charge in [0.25, 0.3) is 0 Å². The molecule has 6 heteroatoms. The Kier molecular flexibility index (Phi) is 5.81. The van der Waals surface area contributed by atoms with Gasteiger partial charge in [0.15, 0.2) is 0 Å². The number of esters is 1. The molecule has 0 spiro atoms. The number of carbonyl (C=O) groups excluding carboxylic acids is 2. The molecule has 0 bridgehead atoms. The Morgan fingerprint density at radius 1 is 1.32 bits per heavy atom. The monoisotopic (exact) mass is 265 g/mol. The van der Waals surface area contributed by atoms with Gasteiger partial charge in [-0.1, -0.05) is 6.07 Å². The van der Waals surface area contributed by atoms with Crippen molar-refractivity contribution in [2.75, 3.05) is 32.5 Å². The van der Waals surface area contributed by atoms with Crippen molar-refractivity contribution in [3.63, 3.8) is 0 Å². The molecular weight excluding hydrogens is 246 g/mol. The highest BCUT2D eigenvalue weighted by Crippen LogP contribution is 2.17. The van der Waals surface area contributed by atoms with E-state index in [0.717, 1.165) is 6.54 Å². The zero-order valence-electron chi connectivity index (χ0n) is 11.4. The summed E-state index contributed by atoms with van der Waals surface area (Å²) in [6, 6.07) is 6.37. The van der Waals surface area contributed by atoms with Gasteiger partial charge in [-0.15, -0.1) is 0 Å². The Morgan fingerprint density at radius 3 is 2.68 bits per heavy atom. The first kappa shape index (κ1) is 15.0. The van der Waals surface area contributed by atoms with Gasteiger partial charge >= 0.3 is 12.0 Å². The first-order chi connectivity index (χ1) is 8.97. The maximum atomic E-state index is 11.6. The van der Waals surface area contributed by atoms with Crippen LogP contribution in [0.3, 0.4) is 0 Å². The summed E-state index contributed by atoms with van der Waals surface area (Å²) in [7, 11) is 3.87. The molecule has 0 unspecified atom stereocenters. The van der Waals surface area contributed by atoms with E-state index in [-0.39, 0.29) is 6.03 Å². The first-order valence-electron chi connectivity index (χ1n) is 5.95.